The third kappa shape index (κ3) is 2.95. The topological polar surface area (TPSA) is 74.0 Å². The summed E-state index contributed by atoms with van der Waals surface area (Å²) in [5.74, 6) is 0.251. The first-order chi connectivity index (χ1) is 12.5. The maximum atomic E-state index is 11.6. The fourth-order valence-electron chi connectivity index (χ4n) is 3.54. The van der Waals surface area contributed by atoms with Crippen LogP contribution < -0.4 is 0 Å². The average Bonchev–Trinajstić information content (AvgIpc) is 3.20. The molecular formula is C18H21N5O2S. The Hall–Kier alpha value is -2.45. The van der Waals surface area contributed by atoms with Crippen molar-refractivity contribution >= 4 is 22.2 Å². The highest BCUT2D eigenvalue weighted by atomic mass is 32.1. The van der Waals surface area contributed by atoms with E-state index in [1.54, 1.807) is 6.92 Å². The molecule has 0 aliphatic carbocycles. The van der Waals surface area contributed by atoms with Gasteiger partial charge in [-0.2, -0.15) is 9.61 Å². The fraction of sp³-hybridized carbons (Fsp3) is 0.389. The molecule has 8 heteroatoms. The normalized spacial score (nSPS) is 16.9. The second-order valence-electron chi connectivity index (χ2n) is 6.60. The summed E-state index contributed by atoms with van der Waals surface area (Å²) in [7, 11) is 0. The summed E-state index contributed by atoms with van der Waals surface area (Å²) in [6, 6.07) is 8.26. The zero-order valence-corrected chi connectivity index (χ0v) is 15.6. The quantitative estimate of drug-likeness (QED) is 0.763. The lowest BCUT2D eigenvalue weighted by Gasteiger charge is -2.38. The minimum atomic E-state index is -0.0856. The number of hydrogen-bond donors (Lipinski definition) is 1. The van der Waals surface area contributed by atoms with Gasteiger partial charge in [0.25, 0.3) is 0 Å². The molecule has 136 valence electrons. The van der Waals surface area contributed by atoms with E-state index in [-0.39, 0.29) is 17.8 Å². The summed E-state index contributed by atoms with van der Waals surface area (Å²) < 4.78 is 1.48. The number of amides is 1. The van der Waals surface area contributed by atoms with Gasteiger partial charge in [-0.3, -0.25) is 9.69 Å². The van der Waals surface area contributed by atoms with Crippen LogP contribution in [0.1, 0.15) is 29.0 Å². The first-order valence-corrected chi connectivity index (χ1v) is 9.44. The Bertz CT molecular complexity index is 942. The Labute approximate surface area is 155 Å². The van der Waals surface area contributed by atoms with Gasteiger partial charge in [-0.15, -0.1) is 0 Å². The van der Waals surface area contributed by atoms with E-state index in [1.165, 1.54) is 27.7 Å². The van der Waals surface area contributed by atoms with Crippen LogP contribution in [0.15, 0.2) is 30.6 Å². The predicted octanol–water partition coefficient (Wildman–Crippen LogP) is 2.06. The number of hydrogen-bond acceptors (Lipinski definition) is 6. The van der Waals surface area contributed by atoms with Crippen LogP contribution in [0, 0.1) is 6.92 Å². The van der Waals surface area contributed by atoms with Crippen LogP contribution in [0.5, 0.6) is 5.88 Å². The van der Waals surface area contributed by atoms with Gasteiger partial charge >= 0.3 is 0 Å². The van der Waals surface area contributed by atoms with Crippen molar-refractivity contribution in [3.8, 4) is 5.88 Å². The molecule has 0 spiro atoms. The van der Waals surface area contributed by atoms with E-state index in [0.29, 0.717) is 18.1 Å². The van der Waals surface area contributed by atoms with Crippen molar-refractivity contribution < 1.29 is 9.90 Å². The Balaban J connectivity index is 1.74. The number of carbonyl (C=O) groups is 1. The van der Waals surface area contributed by atoms with Gasteiger partial charge in [0.15, 0.2) is 0 Å². The highest BCUT2D eigenvalue weighted by Gasteiger charge is 2.31. The number of nitrogens with zero attached hydrogens (tertiary/aromatic N) is 5. The van der Waals surface area contributed by atoms with Crippen molar-refractivity contribution in [2.45, 2.75) is 19.9 Å². The molecule has 0 bridgehead atoms. The number of aromatic nitrogens is 3. The first kappa shape index (κ1) is 17.0. The van der Waals surface area contributed by atoms with Gasteiger partial charge in [-0.05, 0) is 12.5 Å². The molecule has 1 N–H and O–H groups in total. The molecule has 3 heterocycles. The number of aryl methyl sites for hydroxylation is 1. The highest BCUT2D eigenvalue weighted by Crippen LogP contribution is 2.40. The molecule has 1 unspecified atom stereocenters. The summed E-state index contributed by atoms with van der Waals surface area (Å²) in [6.45, 7) is 6.57. The Morgan fingerprint density at radius 3 is 2.69 bits per heavy atom. The molecule has 1 saturated heterocycles. The second kappa shape index (κ2) is 6.69. The molecular weight excluding hydrogens is 350 g/mol. The summed E-state index contributed by atoms with van der Waals surface area (Å²) in [5, 5.41) is 14.8. The van der Waals surface area contributed by atoms with Crippen LogP contribution in [-0.4, -0.2) is 61.6 Å². The molecule has 26 heavy (non-hydrogen) atoms. The molecule has 4 rings (SSSR count). The SMILES string of the molecule is CC(=O)N1CCN(C(c2cccc(C)c2)c2sc3ncnn3c2O)CC1. The first-order valence-electron chi connectivity index (χ1n) is 8.62. The second-order valence-corrected chi connectivity index (χ2v) is 7.61. The van der Waals surface area contributed by atoms with Crippen molar-refractivity contribution in [3.05, 3.63) is 46.6 Å². The van der Waals surface area contributed by atoms with Crippen LogP contribution in [-0.2, 0) is 4.79 Å². The molecule has 0 radical (unpaired) electrons. The standard InChI is InChI=1S/C18H21N5O2S/c1-12-4-3-5-14(10-12)15(22-8-6-21(7-9-22)13(2)24)16-17(25)23-18(26-16)19-11-20-23/h3-5,10-11,15,25H,6-9H2,1-2H3. The lowest BCUT2D eigenvalue weighted by molar-refractivity contribution is -0.130. The van der Waals surface area contributed by atoms with E-state index in [2.05, 4.69) is 40.1 Å². The number of benzene rings is 1. The van der Waals surface area contributed by atoms with E-state index < -0.39 is 0 Å². The molecule has 0 saturated carbocycles. The monoisotopic (exact) mass is 371 g/mol. The van der Waals surface area contributed by atoms with Crippen LogP contribution >= 0.6 is 11.3 Å². The van der Waals surface area contributed by atoms with Crippen molar-refractivity contribution in [3.63, 3.8) is 0 Å². The Kier molecular flexibility index (Phi) is 4.37. The highest BCUT2D eigenvalue weighted by molar-refractivity contribution is 7.17. The molecule has 7 nitrogen and oxygen atoms in total. The van der Waals surface area contributed by atoms with Crippen LogP contribution in [0.2, 0.25) is 0 Å². The Morgan fingerprint density at radius 2 is 2.04 bits per heavy atom. The van der Waals surface area contributed by atoms with E-state index in [9.17, 15) is 9.90 Å². The number of fused-ring (bicyclic) bond motifs is 1. The van der Waals surface area contributed by atoms with Crippen LogP contribution in [0.4, 0.5) is 0 Å². The Morgan fingerprint density at radius 1 is 1.27 bits per heavy atom. The van der Waals surface area contributed by atoms with Crippen molar-refractivity contribution in [1.82, 2.24) is 24.4 Å². The third-order valence-electron chi connectivity index (χ3n) is 4.87. The van der Waals surface area contributed by atoms with Gasteiger partial charge < -0.3 is 10.0 Å². The van der Waals surface area contributed by atoms with Gasteiger partial charge in [-0.25, -0.2) is 4.98 Å². The van der Waals surface area contributed by atoms with Gasteiger partial charge in [0.05, 0.1) is 10.9 Å². The average molecular weight is 371 g/mol. The summed E-state index contributed by atoms with van der Waals surface area (Å²) in [5.41, 5.74) is 2.30. The van der Waals surface area contributed by atoms with Crippen molar-refractivity contribution in [2.24, 2.45) is 0 Å². The zero-order chi connectivity index (χ0) is 18.3. The molecule has 3 aromatic rings. The molecule has 1 fully saturated rings. The molecule has 1 amide bonds. The molecule has 1 aliphatic rings. The fourth-order valence-corrected chi connectivity index (χ4v) is 4.63. The number of rotatable bonds is 3. The summed E-state index contributed by atoms with van der Waals surface area (Å²) in [6.07, 6.45) is 1.45. The molecule has 1 atom stereocenters. The van der Waals surface area contributed by atoms with Gasteiger partial charge in [0.2, 0.25) is 16.7 Å². The number of piperazine rings is 1. The third-order valence-corrected chi connectivity index (χ3v) is 5.96. The van der Waals surface area contributed by atoms with E-state index >= 15 is 0 Å². The largest absolute Gasteiger partial charge is 0.492 e. The lowest BCUT2D eigenvalue weighted by atomic mass is 10.0. The molecule has 1 aromatic carbocycles. The number of aromatic hydroxyl groups is 1. The zero-order valence-electron chi connectivity index (χ0n) is 14.8. The molecule has 2 aromatic heterocycles. The van der Waals surface area contributed by atoms with Crippen molar-refractivity contribution in [2.75, 3.05) is 26.2 Å². The van der Waals surface area contributed by atoms with Gasteiger partial charge in [0.1, 0.15) is 6.33 Å². The van der Waals surface area contributed by atoms with Crippen LogP contribution in [0.25, 0.3) is 4.96 Å². The number of carbonyl (C=O) groups excluding carboxylic acids is 1. The van der Waals surface area contributed by atoms with E-state index in [0.717, 1.165) is 23.5 Å². The smallest absolute Gasteiger partial charge is 0.230 e. The summed E-state index contributed by atoms with van der Waals surface area (Å²) in [4.78, 5) is 21.6. The maximum Gasteiger partial charge on any atom is 0.230 e. The number of thiazole rings is 1. The minimum absolute atomic E-state index is 0.0856. The van der Waals surface area contributed by atoms with E-state index in [4.69, 9.17) is 0 Å². The lowest BCUT2D eigenvalue weighted by Crippen LogP contribution is -2.49. The van der Waals surface area contributed by atoms with Crippen molar-refractivity contribution in [1.29, 1.82) is 0 Å². The molecule has 1 aliphatic heterocycles. The maximum absolute atomic E-state index is 11.6. The predicted molar refractivity (Wildman–Crippen MR) is 99.4 cm³/mol. The van der Waals surface area contributed by atoms with Gasteiger partial charge in [0, 0.05) is 33.1 Å². The summed E-state index contributed by atoms with van der Waals surface area (Å²) >= 11 is 1.46. The van der Waals surface area contributed by atoms with Gasteiger partial charge in [-0.1, -0.05) is 41.2 Å². The minimum Gasteiger partial charge on any atom is -0.492 e. The van der Waals surface area contributed by atoms with Crippen LogP contribution in [0.3, 0.4) is 0 Å². The van der Waals surface area contributed by atoms with E-state index in [1.807, 2.05) is 11.0 Å².